The molecule has 0 bridgehead atoms. The molecule has 2 N–H and O–H groups in total. The summed E-state index contributed by atoms with van der Waals surface area (Å²) in [5, 5.41) is 11.5. The molecule has 2 aliphatic heterocycles. The summed E-state index contributed by atoms with van der Waals surface area (Å²) in [5.74, 6) is -2.18. The smallest absolute Gasteiger partial charge is 0.412 e. The minimum absolute atomic E-state index is 0.135. The summed E-state index contributed by atoms with van der Waals surface area (Å²) in [5.41, 5.74) is 0.337. The van der Waals surface area contributed by atoms with Crippen LogP contribution in [0.1, 0.15) is 89.6 Å². The fourth-order valence-corrected chi connectivity index (χ4v) is 5.60. The molecule has 14 heteroatoms. The van der Waals surface area contributed by atoms with Gasteiger partial charge in [0.05, 0.1) is 24.6 Å². The number of hydrogen-bond donors (Lipinski definition) is 2. The molecule has 2 aliphatic rings. The van der Waals surface area contributed by atoms with Gasteiger partial charge in [0.2, 0.25) is 12.2 Å². The molecule has 2 atom stereocenters. The Bertz CT molecular complexity index is 1340. The Morgan fingerprint density at radius 1 is 1.13 bits per heavy atom. The van der Waals surface area contributed by atoms with Crippen LogP contribution in [0.3, 0.4) is 0 Å². The van der Waals surface area contributed by atoms with Gasteiger partial charge in [-0.25, -0.2) is 4.79 Å². The Labute approximate surface area is 269 Å². The first-order valence-corrected chi connectivity index (χ1v) is 15.7. The molecular formula is C32H46N4O10. The zero-order valence-corrected chi connectivity index (χ0v) is 27.7. The van der Waals surface area contributed by atoms with Crippen LogP contribution in [0.4, 0.5) is 10.5 Å². The molecule has 1 unspecified atom stereocenters. The van der Waals surface area contributed by atoms with Gasteiger partial charge in [0.25, 0.3) is 11.8 Å². The van der Waals surface area contributed by atoms with Gasteiger partial charge in [0.15, 0.2) is 5.60 Å². The highest BCUT2D eigenvalue weighted by atomic mass is 16.7. The largest absolute Gasteiger partial charge is 0.481 e. The monoisotopic (exact) mass is 646 g/mol. The summed E-state index contributed by atoms with van der Waals surface area (Å²) < 4.78 is 16.3. The number of carboxylic acid groups (broad SMARTS) is 1. The number of benzene rings is 1. The second-order valence-electron chi connectivity index (χ2n) is 12.3. The van der Waals surface area contributed by atoms with Crippen LogP contribution in [0.15, 0.2) is 12.1 Å². The summed E-state index contributed by atoms with van der Waals surface area (Å²) >= 11 is 0. The molecule has 2 heterocycles. The van der Waals surface area contributed by atoms with Crippen molar-refractivity contribution in [1.82, 2.24) is 15.1 Å². The van der Waals surface area contributed by atoms with Crippen molar-refractivity contribution in [3.8, 4) is 5.75 Å². The molecule has 1 aromatic rings. The summed E-state index contributed by atoms with van der Waals surface area (Å²) in [6.07, 6.45) is -1.12. The number of carboxylic acids is 1. The number of nitrogens with zero attached hydrogens (tertiary/aromatic N) is 3. The number of piperidine rings is 1. The van der Waals surface area contributed by atoms with E-state index in [0.717, 1.165) is 0 Å². The number of carbonyl (C=O) groups excluding carboxylic acids is 5. The SMILES string of the molecule is CCC(=O)NCCN1C(=O)C(C)(C)Oc2cc(C)c(C(=O)N(C(C)C)[C@@H]3CCCN(C(=O)OC(C)OC(=O)CCC(=O)O)C3)cc21. The Balaban J connectivity index is 1.80. The van der Waals surface area contributed by atoms with Crippen LogP contribution >= 0.6 is 0 Å². The lowest BCUT2D eigenvalue weighted by atomic mass is 9.97. The maximum atomic E-state index is 14.2. The number of aryl methyl sites for hydroxylation is 1. The number of hydrogen-bond acceptors (Lipinski definition) is 9. The first kappa shape index (κ1) is 36.1. The van der Waals surface area contributed by atoms with E-state index in [-0.39, 0.29) is 55.9 Å². The number of esters is 1. The Morgan fingerprint density at radius 2 is 1.83 bits per heavy atom. The molecule has 14 nitrogen and oxygen atoms in total. The first-order valence-electron chi connectivity index (χ1n) is 15.7. The van der Waals surface area contributed by atoms with E-state index in [4.69, 9.17) is 19.3 Å². The average molecular weight is 647 g/mol. The third-order valence-electron chi connectivity index (χ3n) is 7.88. The van der Waals surface area contributed by atoms with Crippen molar-refractivity contribution >= 4 is 41.4 Å². The molecule has 0 saturated carbocycles. The summed E-state index contributed by atoms with van der Waals surface area (Å²) in [6.45, 7) is 13.0. The molecule has 1 aromatic carbocycles. The van der Waals surface area contributed by atoms with Gasteiger partial charge in [0, 0.05) is 51.1 Å². The lowest BCUT2D eigenvalue weighted by molar-refractivity contribution is -0.167. The summed E-state index contributed by atoms with van der Waals surface area (Å²) in [4.78, 5) is 79.7. The molecule has 0 aromatic heterocycles. The molecule has 3 rings (SSSR count). The van der Waals surface area contributed by atoms with Crippen LogP contribution in [0.25, 0.3) is 0 Å². The maximum Gasteiger partial charge on any atom is 0.412 e. The Kier molecular flexibility index (Phi) is 12.0. The van der Waals surface area contributed by atoms with Crippen molar-refractivity contribution in [2.75, 3.05) is 31.1 Å². The van der Waals surface area contributed by atoms with Crippen molar-refractivity contribution < 1.29 is 48.1 Å². The van der Waals surface area contributed by atoms with Crippen molar-refractivity contribution in [3.63, 3.8) is 0 Å². The molecule has 1 fully saturated rings. The zero-order valence-electron chi connectivity index (χ0n) is 27.7. The van der Waals surface area contributed by atoms with E-state index in [1.165, 1.54) is 11.8 Å². The molecule has 0 radical (unpaired) electrons. The predicted molar refractivity (Wildman–Crippen MR) is 166 cm³/mol. The van der Waals surface area contributed by atoms with E-state index in [1.54, 1.807) is 49.6 Å². The van der Waals surface area contributed by atoms with Gasteiger partial charge in [0.1, 0.15) is 5.75 Å². The standard InChI is InChI=1S/C32H46N4O10/c1-8-26(37)33-13-15-35-24-17-23(20(4)16-25(24)46-32(6,7)30(35)42)29(41)36(19(2)3)22-10-9-14-34(18-22)31(43)45-21(5)44-28(40)12-11-27(38)39/h16-17,19,21-22H,8-15,18H2,1-7H3,(H,33,37)(H,38,39)/t21?,22-/m1/s1. The van der Waals surface area contributed by atoms with Crippen LogP contribution in [0, 0.1) is 6.92 Å². The van der Waals surface area contributed by atoms with E-state index in [0.29, 0.717) is 48.4 Å². The molecule has 1 saturated heterocycles. The maximum absolute atomic E-state index is 14.2. The number of nitrogens with one attached hydrogen (secondary N) is 1. The normalized spacial score (nSPS) is 17.8. The van der Waals surface area contributed by atoms with Gasteiger partial charge in [-0.15, -0.1) is 0 Å². The summed E-state index contributed by atoms with van der Waals surface area (Å²) in [6, 6.07) is 2.81. The zero-order chi connectivity index (χ0) is 34.3. The van der Waals surface area contributed by atoms with Gasteiger partial charge in [-0.05, 0) is 65.2 Å². The van der Waals surface area contributed by atoms with Crippen molar-refractivity contribution in [2.24, 2.45) is 0 Å². The number of likely N-dealkylation sites (tertiary alicyclic amines) is 1. The lowest BCUT2D eigenvalue weighted by Crippen LogP contribution is -2.55. The van der Waals surface area contributed by atoms with Gasteiger partial charge >= 0.3 is 18.0 Å². The quantitative estimate of drug-likeness (QED) is 0.254. The van der Waals surface area contributed by atoms with Crippen LogP contribution in [-0.2, 0) is 28.7 Å². The number of ether oxygens (including phenoxy) is 3. The minimum Gasteiger partial charge on any atom is -0.481 e. The number of aliphatic carboxylic acids is 1. The first-order chi connectivity index (χ1) is 21.5. The molecule has 46 heavy (non-hydrogen) atoms. The van der Waals surface area contributed by atoms with Gasteiger partial charge in [-0.3, -0.25) is 24.0 Å². The lowest BCUT2D eigenvalue weighted by Gasteiger charge is -2.42. The number of fused-ring (bicyclic) bond motifs is 1. The van der Waals surface area contributed by atoms with Gasteiger partial charge in [-0.2, -0.15) is 0 Å². The van der Waals surface area contributed by atoms with E-state index in [1.807, 2.05) is 13.8 Å². The van der Waals surface area contributed by atoms with E-state index < -0.39 is 36.3 Å². The highest BCUT2D eigenvalue weighted by Crippen LogP contribution is 2.40. The molecular weight excluding hydrogens is 600 g/mol. The number of carbonyl (C=O) groups is 6. The van der Waals surface area contributed by atoms with Crippen molar-refractivity contribution in [2.45, 2.75) is 105 Å². The second kappa shape index (κ2) is 15.3. The molecule has 4 amide bonds. The highest BCUT2D eigenvalue weighted by molar-refractivity contribution is 6.05. The fourth-order valence-electron chi connectivity index (χ4n) is 5.60. The third kappa shape index (κ3) is 8.88. The fraction of sp³-hybridized carbons (Fsp3) is 0.625. The topological polar surface area (TPSA) is 172 Å². The van der Waals surface area contributed by atoms with Crippen LogP contribution in [-0.4, -0.2) is 101 Å². The third-order valence-corrected chi connectivity index (χ3v) is 7.88. The number of anilines is 1. The number of amides is 4. The van der Waals surface area contributed by atoms with E-state index >= 15 is 0 Å². The van der Waals surface area contributed by atoms with E-state index in [9.17, 15) is 28.8 Å². The minimum atomic E-state index is -1.22. The van der Waals surface area contributed by atoms with Crippen molar-refractivity contribution in [1.29, 1.82) is 0 Å². The Morgan fingerprint density at radius 3 is 2.46 bits per heavy atom. The van der Waals surface area contributed by atoms with Crippen LogP contribution in [0.5, 0.6) is 5.75 Å². The van der Waals surface area contributed by atoms with Crippen LogP contribution < -0.4 is 15.0 Å². The molecule has 0 aliphatic carbocycles. The van der Waals surface area contributed by atoms with Gasteiger partial charge in [-0.1, -0.05) is 6.92 Å². The van der Waals surface area contributed by atoms with Gasteiger partial charge < -0.3 is 39.3 Å². The second-order valence-corrected chi connectivity index (χ2v) is 12.3. The molecule has 254 valence electrons. The van der Waals surface area contributed by atoms with E-state index in [2.05, 4.69) is 5.32 Å². The predicted octanol–water partition coefficient (Wildman–Crippen LogP) is 3.23. The number of rotatable bonds is 12. The van der Waals surface area contributed by atoms with Crippen molar-refractivity contribution in [3.05, 3.63) is 23.3 Å². The Hall–Kier alpha value is -4.36. The average Bonchev–Trinajstić information content (AvgIpc) is 2.97. The van der Waals surface area contributed by atoms with Crippen LogP contribution in [0.2, 0.25) is 0 Å². The summed E-state index contributed by atoms with van der Waals surface area (Å²) in [7, 11) is 0. The molecule has 0 spiro atoms. The highest BCUT2D eigenvalue weighted by Gasteiger charge is 2.42.